The zero-order valence-corrected chi connectivity index (χ0v) is 16.0. The van der Waals surface area contributed by atoms with Gasteiger partial charge in [0.2, 0.25) is 0 Å². The molecule has 1 amide bonds. The molecule has 2 aromatic carbocycles. The zero-order chi connectivity index (χ0) is 18.5. The van der Waals surface area contributed by atoms with Gasteiger partial charge in [0.1, 0.15) is 22.4 Å². The molecule has 0 bridgehead atoms. The van der Waals surface area contributed by atoms with Crippen molar-refractivity contribution in [3.05, 3.63) is 64.1 Å². The van der Waals surface area contributed by atoms with Crippen LogP contribution in [0.15, 0.2) is 47.4 Å². The van der Waals surface area contributed by atoms with Gasteiger partial charge in [-0.2, -0.15) is 0 Å². The Hall–Kier alpha value is -2.31. The van der Waals surface area contributed by atoms with E-state index in [4.69, 9.17) is 17.0 Å². The maximum Gasteiger partial charge on any atom is 0.263 e. The molecule has 1 fully saturated rings. The molecule has 1 saturated heterocycles. The summed E-state index contributed by atoms with van der Waals surface area (Å²) in [6.07, 6.45) is 3.58. The lowest BCUT2D eigenvalue weighted by atomic mass is 10.0. The summed E-state index contributed by atoms with van der Waals surface area (Å²) in [4.78, 5) is 12.3. The topological polar surface area (TPSA) is 58.6 Å². The monoisotopic (exact) mass is 385 g/mol. The van der Waals surface area contributed by atoms with E-state index in [1.807, 2.05) is 36.4 Å². The fourth-order valence-electron chi connectivity index (χ4n) is 2.69. The largest absolute Gasteiger partial charge is 0.508 e. The SMILES string of the molecule is CCCc1c(O)cccc1COc1ccc(/C=C2\SC(=S)NC2=O)cc1. The minimum atomic E-state index is -0.160. The number of carbonyl (C=O) groups is 1. The zero-order valence-electron chi connectivity index (χ0n) is 14.3. The Morgan fingerprint density at radius 3 is 2.65 bits per heavy atom. The molecule has 1 aliphatic rings. The highest BCUT2D eigenvalue weighted by molar-refractivity contribution is 8.26. The highest BCUT2D eigenvalue weighted by Gasteiger charge is 2.21. The molecule has 0 aromatic heterocycles. The van der Waals surface area contributed by atoms with Crippen LogP contribution in [0.5, 0.6) is 11.5 Å². The van der Waals surface area contributed by atoms with E-state index in [0.29, 0.717) is 21.6 Å². The summed E-state index contributed by atoms with van der Waals surface area (Å²) in [5, 5.41) is 12.6. The number of aromatic hydroxyl groups is 1. The van der Waals surface area contributed by atoms with Gasteiger partial charge in [-0.15, -0.1) is 0 Å². The number of amides is 1. The van der Waals surface area contributed by atoms with Crippen molar-refractivity contribution in [2.24, 2.45) is 0 Å². The van der Waals surface area contributed by atoms with Crippen LogP contribution in [0.4, 0.5) is 0 Å². The number of hydrogen-bond acceptors (Lipinski definition) is 5. The second-order valence-electron chi connectivity index (χ2n) is 5.87. The number of carbonyl (C=O) groups excluding carboxylic acids is 1. The van der Waals surface area contributed by atoms with E-state index >= 15 is 0 Å². The number of hydrogen-bond donors (Lipinski definition) is 2. The minimum Gasteiger partial charge on any atom is -0.508 e. The average Bonchev–Trinajstić information content (AvgIpc) is 2.94. The van der Waals surface area contributed by atoms with Crippen LogP contribution in [0.2, 0.25) is 0 Å². The van der Waals surface area contributed by atoms with Gasteiger partial charge in [0, 0.05) is 5.56 Å². The van der Waals surface area contributed by atoms with Crippen molar-refractivity contribution in [3.8, 4) is 11.5 Å². The average molecular weight is 386 g/mol. The van der Waals surface area contributed by atoms with Crippen LogP contribution in [-0.4, -0.2) is 15.3 Å². The summed E-state index contributed by atoms with van der Waals surface area (Å²) in [6.45, 7) is 2.48. The molecule has 0 atom stereocenters. The van der Waals surface area contributed by atoms with Gasteiger partial charge in [-0.1, -0.05) is 61.6 Å². The second kappa shape index (κ2) is 8.38. The highest BCUT2D eigenvalue weighted by Crippen LogP contribution is 2.27. The van der Waals surface area contributed by atoms with Crippen molar-refractivity contribution in [2.45, 2.75) is 26.4 Å². The smallest absolute Gasteiger partial charge is 0.263 e. The molecule has 6 heteroatoms. The van der Waals surface area contributed by atoms with Gasteiger partial charge in [-0.3, -0.25) is 4.79 Å². The third-order valence-corrected chi connectivity index (χ3v) is 5.13. The van der Waals surface area contributed by atoms with Crippen LogP contribution in [0.3, 0.4) is 0 Å². The number of phenols is 1. The number of thiocarbonyl (C=S) groups is 1. The van der Waals surface area contributed by atoms with Crippen molar-refractivity contribution in [1.29, 1.82) is 0 Å². The maximum absolute atomic E-state index is 11.7. The maximum atomic E-state index is 11.7. The Kier molecular flexibility index (Phi) is 5.96. The molecule has 3 rings (SSSR count). The summed E-state index contributed by atoms with van der Waals surface area (Å²) in [5.41, 5.74) is 2.84. The molecule has 0 radical (unpaired) electrons. The number of benzene rings is 2. The molecule has 134 valence electrons. The van der Waals surface area contributed by atoms with Crippen LogP contribution in [0.25, 0.3) is 6.08 Å². The Morgan fingerprint density at radius 2 is 2.00 bits per heavy atom. The molecule has 4 nitrogen and oxygen atoms in total. The first kappa shape index (κ1) is 18.5. The first-order valence-corrected chi connectivity index (χ1v) is 9.56. The van der Waals surface area contributed by atoms with E-state index in [2.05, 4.69) is 12.2 Å². The molecule has 26 heavy (non-hydrogen) atoms. The molecule has 2 N–H and O–H groups in total. The van der Waals surface area contributed by atoms with E-state index in [0.717, 1.165) is 35.3 Å². The number of nitrogens with one attached hydrogen (secondary N) is 1. The Labute approximate surface area is 162 Å². The second-order valence-corrected chi connectivity index (χ2v) is 7.59. The van der Waals surface area contributed by atoms with Crippen LogP contribution in [0, 0.1) is 0 Å². The van der Waals surface area contributed by atoms with E-state index in [1.54, 1.807) is 12.1 Å². The van der Waals surface area contributed by atoms with Gasteiger partial charge in [-0.25, -0.2) is 0 Å². The van der Waals surface area contributed by atoms with Crippen molar-refractivity contribution < 1.29 is 14.6 Å². The lowest BCUT2D eigenvalue weighted by molar-refractivity contribution is -0.115. The van der Waals surface area contributed by atoms with Gasteiger partial charge >= 0.3 is 0 Å². The molecule has 0 spiro atoms. The lowest BCUT2D eigenvalue weighted by Crippen LogP contribution is -2.17. The predicted octanol–water partition coefficient (Wildman–Crippen LogP) is 4.41. The van der Waals surface area contributed by atoms with Crippen molar-refractivity contribution in [2.75, 3.05) is 0 Å². The molecule has 0 saturated carbocycles. The molecular formula is C20H19NO3S2. The van der Waals surface area contributed by atoms with Crippen molar-refractivity contribution >= 4 is 40.3 Å². The Balaban J connectivity index is 1.67. The number of phenolic OH excluding ortho intramolecular Hbond substituents is 1. The summed E-state index contributed by atoms with van der Waals surface area (Å²) in [6, 6.07) is 13.0. The van der Waals surface area contributed by atoms with E-state index in [-0.39, 0.29) is 5.91 Å². The van der Waals surface area contributed by atoms with Crippen molar-refractivity contribution in [3.63, 3.8) is 0 Å². The molecule has 0 aliphatic carbocycles. The predicted molar refractivity (Wildman–Crippen MR) is 109 cm³/mol. The molecular weight excluding hydrogens is 366 g/mol. The number of ether oxygens (including phenoxy) is 1. The van der Waals surface area contributed by atoms with E-state index in [1.165, 1.54) is 11.8 Å². The third kappa shape index (κ3) is 4.45. The van der Waals surface area contributed by atoms with Gasteiger partial charge in [0.25, 0.3) is 5.91 Å². The molecule has 1 aliphatic heterocycles. The first-order chi connectivity index (χ1) is 12.6. The van der Waals surface area contributed by atoms with Gasteiger partial charge < -0.3 is 15.2 Å². The summed E-state index contributed by atoms with van der Waals surface area (Å²) in [7, 11) is 0. The fourth-order valence-corrected chi connectivity index (χ4v) is 3.73. The van der Waals surface area contributed by atoms with Crippen molar-refractivity contribution in [1.82, 2.24) is 5.32 Å². The molecule has 1 heterocycles. The summed E-state index contributed by atoms with van der Waals surface area (Å²) < 4.78 is 6.34. The number of rotatable bonds is 6. The van der Waals surface area contributed by atoms with Crippen LogP contribution < -0.4 is 10.1 Å². The summed E-state index contributed by atoms with van der Waals surface area (Å²) in [5.74, 6) is 0.893. The van der Waals surface area contributed by atoms with E-state index < -0.39 is 0 Å². The molecule has 2 aromatic rings. The standard InChI is InChI=1S/C20H19NO3S2/c1-2-4-16-14(5-3-6-17(16)22)12-24-15-9-7-13(8-10-15)11-18-19(23)21-20(25)26-18/h3,5-11,22H,2,4,12H2,1H3,(H,21,23,25)/b18-11-. The summed E-state index contributed by atoms with van der Waals surface area (Å²) >= 11 is 6.25. The Morgan fingerprint density at radius 1 is 1.23 bits per heavy atom. The normalized spacial score (nSPS) is 15.3. The lowest BCUT2D eigenvalue weighted by Gasteiger charge is -2.12. The van der Waals surface area contributed by atoms with Crippen LogP contribution in [0.1, 0.15) is 30.0 Å². The van der Waals surface area contributed by atoms with Gasteiger partial charge in [0.15, 0.2) is 0 Å². The third-order valence-electron chi connectivity index (χ3n) is 3.96. The van der Waals surface area contributed by atoms with Gasteiger partial charge in [-0.05, 0) is 41.8 Å². The number of thioether (sulfide) groups is 1. The fraction of sp³-hybridized carbons (Fsp3) is 0.200. The Bertz CT molecular complexity index is 860. The highest BCUT2D eigenvalue weighted by atomic mass is 32.2. The van der Waals surface area contributed by atoms with E-state index in [9.17, 15) is 9.90 Å². The quantitative estimate of drug-likeness (QED) is 0.570. The van der Waals surface area contributed by atoms with Crippen LogP contribution >= 0.6 is 24.0 Å². The molecule has 0 unspecified atom stereocenters. The van der Waals surface area contributed by atoms with Gasteiger partial charge in [0.05, 0.1) is 4.91 Å². The first-order valence-electron chi connectivity index (χ1n) is 8.34. The minimum absolute atomic E-state index is 0.160. The van der Waals surface area contributed by atoms with Crippen LogP contribution in [-0.2, 0) is 17.8 Å².